The number of hydrogen-bond acceptors (Lipinski definition) is 2. The lowest BCUT2D eigenvalue weighted by molar-refractivity contribution is 1.23. The van der Waals surface area contributed by atoms with Gasteiger partial charge in [-0.25, -0.2) is 9.97 Å². The highest BCUT2D eigenvalue weighted by Crippen LogP contribution is 2.31. The van der Waals surface area contributed by atoms with Crippen LogP contribution < -0.4 is 0 Å². The first-order chi connectivity index (χ1) is 14.2. The standard InChI is InChI=1S/C26H19BrN2/c1-3-9-18(4-2)19-10-7-11-20(16-19)25-23-14-5-6-15-24(23)28-26(29-25)21-12-8-13-22(27)17-21/h3-17H,1-2H2/b18-9+. The van der Waals surface area contributed by atoms with Crippen molar-refractivity contribution in [2.45, 2.75) is 0 Å². The summed E-state index contributed by atoms with van der Waals surface area (Å²) < 4.78 is 1.00. The minimum absolute atomic E-state index is 0.705. The number of hydrogen-bond donors (Lipinski definition) is 0. The third-order valence-electron chi connectivity index (χ3n) is 4.67. The molecule has 0 aliphatic carbocycles. The van der Waals surface area contributed by atoms with Crippen LogP contribution in [0.25, 0.3) is 39.1 Å². The van der Waals surface area contributed by atoms with Crippen LogP contribution in [-0.2, 0) is 0 Å². The molecule has 2 nitrogen and oxygen atoms in total. The van der Waals surface area contributed by atoms with E-state index in [4.69, 9.17) is 9.97 Å². The zero-order chi connectivity index (χ0) is 20.2. The van der Waals surface area contributed by atoms with E-state index in [1.165, 1.54) is 0 Å². The Morgan fingerprint density at radius 3 is 2.41 bits per heavy atom. The van der Waals surface area contributed by atoms with Crippen LogP contribution in [0.2, 0.25) is 0 Å². The Hall–Kier alpha value is -3.30. The fourth-order valence-electron chi connectivity index (χ4n) is 3.31. The van der Waals surface area contributed by atoms with Crippen molar-refractivity contribution in [3.05, 3.63) is 114 Å². The molecule has 4 aromatic rings. The molecular weight excluding hydrogens is 420 g/mol. The minimum Gasteiger partial charge on any atom is -0.228 e. The van der Waals surface area contributed by atoms with E-state index < -0.39 is 0 Å². The lowest BCUT2D eigenvalue weighted by atomic mass is 9.99. The van der Waals surface area contributed by atoms with E-state index in [2.05, 4.69) is 53.4 Å². The maximum atomic E-state index is 4.96. The molecule has 0 aliphatic rings. The van der Waals surface area contributed by atoms with Crippen LogP contribution in [0.15, 0.2) is 109 Å². The fraction of sp³-hybridized carbons (Fsp3) is 0. The topological polar surface area (TPSA) is 25.8 Å². The summed E-state index contributed by atoms with van der Waals surface area (Å²) in [6, 6.07) is 24.5. The Morgan fingerprint density at radius 1 is 0.828 bits per heavy atom. The van der Waals surface area contributed by atoms with E-state index in [0.29, 0.717) is 5.82 Å². The summed E-state index contributed by atoms with van der Waals surface area (Å²) in [6.45, 7) is 7.72. The Morgan fingerprint density at radius 2 is 1.62 bits per heavy atom. The Labute approximate surface area is 179 Å². The largest absolute Gasteiger partial charge is 0.228 e. The minimum atomic E-state index is 0.705. The number of halogens is 1. The zero-order valence-corrected chi connectivity index (χ0v) is 17.4. The molecule has 1 heterocycles. The molecule has 0 N–H and O–H groups in total. The molecular formula is C26H19BrN2. The molecule has 0 saturated carbocycles. The average molecular weight is 439 g/mol. The van der Waals surface area contributed by atoms with E-state index in [0.717, 1.165) is 43.3 Å². The van der Waals surface area contributed by atoms with Gasteiger partial charge in [-0.2, -0.15) is 0 Å². The van der Waals surface area contributed by atoms with Crippen LogP contribution in [0.1, 0.15) is 5.56 Å². The number of fused-ring (bicyclic) bond motifs is 1. The predicted molar refractivity (Wildman–Crippen MR) is 126 cm³/mol. The summed E-state index contributed by atoms with van der Waals surface area (Å²) >= 11 is 3.54. The molecule has 29 heavy (non-hydrogen) atoms. The van der Waals surface area contributed by atoms with E-state index in [-0.39, 0.29) is 0 Å². The van der Waals surface area contributed by atoms with Crippen molar-refractivity contribution in [2.24, 2.45) is 0 Å². The molecule has 0 amide bonds. The fourth-order valence-corrected chi connectivity index (χ4v) is 3.71. The number of rotatable bonds is 5. The first kappa shape index (κ1) is 19.0. The van der Waals surface area contributed by atoms with E-state index in [1.807, 2.05) is 60.7 Å². The molecule has 0 unspecified atom stereocenters. The SMILES string of the molecule is C=C/C=C(\C=C)c1cccc(-c2nc(-c3cccc(Br)c3)nc3ccccc23)c1. The van der Waals surface area contributed by atoms with E-state index in [1.54, 1.807) is 6.08 Å². The summed E-state index contributed by atoms with van der Waals surface area (Å²) in [6.07, 6.45) is 5.57. The Bertz CT molecular complexity index is 1250. The van der Waals surface area contributed by atoms with Gasteiger partial charge in [-0.3, -0.25) is 0 Å². The van der Waals surface area contributed by atoms with Gasteiger partial charge >= 0.3 is 0 Å². The Balaban J connectivity index is 1.95. The molecule has 3 heteroatoms. The van der Waals surface area contributed by atoms with Gasteiger partial charge in [-0.15, -0.1) is 0 Å². The first-order valence-electron chi connectivity index (χ1n) is 9.28. The summed E-state index contributed by atoms with van der Waals surface area (Å²) in [4.78, 5) is 9.76. The molecule has 0 aliphatic heterocycles. The van der Waals surface area contributed by atoms with Gasteiger partial charge < -0.3 is 0 Å². The van der Waals surface area contributed by atoms with Crippen molar-refractivity contribution >= 4 is 32.4 Å². The van der Waals surface area contributed by atoms with Gasteiger partial charge in [0.15, 0.2) is 5.82 Å². The monoisotopic (exact) mass is 438 g/mol. The quantitative estimate of drug-likeness (QED) is 0.301. The van der Waals surface area contributed by atoms with Crippen LogP contribution in [-0.4, -0.2) is 9.97 Å². The number of benzene rings is 3. The summed E-state index contributed by atoms with van der Waals surface area (Å²) in [5, 5.41) is 1.02. The molecule has 0 fully saturated rings. The van der Waals surface area contributed by atoms with E-state index >= 15 is 0 Å². The number of allylic oxidation sites excluding steroid dienone is 4. The van der Waals surface area contributed by atoms with Gasteiger partial charge in [0, 0.05) is 21.0 Å². The Kier molecular flexibility index (Phi) is 5.50. The first-order valence-corrected chi connectivity index (χ1v) is 10.1. The second-order valence-corrected chi connectivity index (χ2v) is 7.48. The second-order valence-electron chi connectivity index (χ2n) is 6.57. The van der Waals surface area contributed by atoms with Crippen molar-refractivity contribution < 1.29 is 0 Å². The van der Waals surface area contributed by atoms with Crippen molar-refractivity contribution in [3.63, 3.8) is 0 Å². The van der Waals surface area contributed by atoms with Gasteiger partial charge in [-0.1, -0.05) is 95.8 Å². The maximum absolute atomic E-state index is 4.96. The van der Waals surface area contributed by atoms with Crippen LogP contribution in [0.4, 0.5) is 0 Å². The molecule has 0 spiro atoms. The third kappa shape index (κ3) is 3.96. The van der Waals surface area contributed by atoms with Crippen molar-refractivity contribution in [1.82, 2.24) is 9.97 Å². The van der Waals surface area contributed by atoms with Crippen molar-refractivity contribution in [1.29, 1.82) is 0 Å². The van der Waals surface area contributed by atoms with Crippen molar-refractivity contribution in [3.8, 4) is 22.6 Å². The molecule has 0 atom stereocenters. The van der Waals surface area contributed by atoms with Crippen LogP contribution in [0.5, 0.6) is 0 Å². The van der Waals surface area contributed by atoms with Gasteiger partial charge in [0.05, 0.1) is 11.2 Å². The molecule has 4 rings (SSSR count). The van der Waals surface area contributed by atoms with E-state index in [9.17, 15) is 0 Å². The third-order valence-corrected chi connectivity index (χ3v) is 5.17. The predicted octanol–water partition coefficient (Wildman–Crippen LogP) is 7.48. The lowest BCUT2D eigenvalue weighted by Crippen LogP contribution is -1.95. The smallest absolute Gasteiger partial charge is 0.160 e. The second kappa shape index (κ2) is 8.38. The van der Waals surface area contributed by atoms with Gasteiger partial charge in [-0.05, 0) is 35.4 Å². The highest BCUT2D eigenvalue weighted by molar-refractivity contribution is 9.10. The van der Waals surface area contributed by atoms with Crippen LogP contribution >= 0.6 is 15.9 Å². The molecule has 1 aromatic heterocycles. The number of aromatic nitrogens is 2. The highest BCUT2D eigenvalue weighted by Gasteiger charge is 2.12. The maximum Gasteiger partial charge on any atom is 0.160 e. The summed E-state index contributed by atoms with van der Waals surface area (Å²) in [7, 11) is 0. The molecule has 140 valence electrons. The molecule has 3 aromatic carbocycles. The molecule has 0 radical (unpaired) electrons. The summed E-state index contributed by atoms with van der Waals surface area (Å²) in [5.41, 5.74) is 5.93. The molecule has 0 saturated heterocycles. The van der Waals surface area contributed by atoms with Gasteiger partial charge in [0.1, 0.15) is 0 Å². The van der Waals surface area contributed by atoms with Crippen LogP contribution in [0.3, 0.4) is 0 Å². The van der Waals surface area contributed by atoms with Gasteiger partial charge in [0.25, 0.3) is 0 Å². The number of nitrogens with zero attached hydrogens (tertiary/aromatic N) is 2. The van der Waals surface area contributed by atoms with Crippen molar-refractivity contribution in [2.75, 3.05) is 0 Å². The zero-order valence-electron chi connectivity index (χ0n) is 15.8. The number of para-hydroxylation sites is 1. The molecule has 0 bridgehead atoms. The lowest BCUT2D eigenvalue weighted by Gasteiger charge is -2.11. The average Bonchev–Trinajstić information content (AvgIpc) is 2.76. The normalized spacial score (nSPS) is 11.4. The highest BCUT2D eigenvalue weighted by atomic mass is 79.9. The van der Waals surface area contributed by atoms with Crippen LogP contribution in [0, 0.1) is 0 Å². The summed E-state index contributed by atoms with van der Waals surface area (Å²) in [5.74, 6) is 0.705. The van der Waals surface area contributed by atoms with Gasteiger partial charge in [0.2, 0.25) is 0 Å².